The van der Waals surface area contributed by atoms with Crippen molar-refractivity contribution in [2.75, 3.05) is 13.6 Å². The number of hydrogen-bond donors (Lipinski definition) is 2. The maximum atomic E-state index is 12.5. The Bertz CT molecular complexity index is 770. The molecular formula is C19H24ClN3O5. The fourth-order valence-corrected chi connectivity index (χ4v) is 2.84. The first kappa shape index (κ1) is 23.5. The standard InChI is InChI=1S/C19H24ClN3O5/c1-4-7-15(11-12-20)9-10-16-17(23(27)28)19(26,18(25)22(16)3)21-13-6-5-8-14(2)24/h4,7,9-12,21,26H,1,5-6,8,13H2,2-3H3/b10-9+,12-11+,15-7-. The van der Waals surface area contributed by atoms with Crippen molar-refractivity contribution < 1.29 is 19.6 Å². The maximum absolute atomic E-state index is 12.5. The van der Waals surface area contributed by atoms with E-state index in [1.54, 1.807) is 12.2 Å². The SMILES string of the molecule is C=C/C=C(\C=C\Cl)/C=C/C1=C([N+](=O)[O-])C(O)(NCCCCC(C)=O)C(=O)N1C. The van der Waals surface area contributed by atoms with Crippen LogP contribution < -0.4 is 5.32 Å². The minimum absolute atomic E-state index is 0.0306. The van der Waals surface area contributed by atoms with Gasteiger partial charge >= 0.3 is 5.70 Å². The van der Waals surface area contributed by atoms with Gasteiger partial charge in [0.2, 0.25) is 0 Å². The highest BCUT2D eigenvalue weighted by Crippen LogP contribution is 2.32. The average molecular weight is 410 g/mol. The highest BCUT2D eigenvalue weighted by Gasteiger charge is 2.57. The molecule has 28 heavy (non-hydrogen) atoms. The van der Waals surface area contributed by atoms with E-state index in [4.69, 9.17) is 11.6 Å². The summed E-state index contributed by atoms with van der Waals surface area (Å²) < 4.78 is 0. The molecule has 1 aliphatic rings. The van der Waals surface area contributed by atoms with Crippen molar-refractivity contribution in [3.63, 3.8) is 0 Å². The Labute approximate surface area is 168 Å². The topological polar surface area (TPSA) is 113 Å². The molecule has 0 aromatic carbocycles. The van der Waals surface area contributed by atoms with Crippen LogP contribution in [0, 0.1) is 10.1 Å². The van der Waals surface area contributed by atoms with Crippen molar-refractivity contribution in [2.45, 2.75) is 31.9 Å². The molecule has 0 radical (unpaired) electrons. The molecule has 2 N–H and O–H groups in total. The van der Waals surface area contributed by atoms with E-state index in [9.17, 15) is 24.8 Å². The van der Waals surface area contributed by atoms with Crippen LogP contribution in [0.25, 0.3) is 0 Å². The number of Topliss-reactive ketones (excluding diaryl/α,β-unsaturated/α-hetero) is 1. The number of likely N-dealkylation sites (N-methyl/N-ethyl adjacent to an activating group) is 1. The highest BCUT2D eigenvalue weighted by molar-refractivity contribution is 6.25. The number of nitro groups is 1. The monoisotopic (exact) mass is 409 g/mol. The maximum Gasteiger partial charge on any atom is 0.326 e. The Morgan fingerprint density at radius 3 is 2.64 bits per heavy atom. The van der Waals surface area contributed by atoms with Gasteiger partial charge in [-0.25, -0.2) is 0 Å². The fourth-order valence-electron chi connectivity index (χ4n) is 2.69. The molecule has 0 fully saturated rings. The Morgan fingerprint density at radius 2 is 2.11 bits per heavy atom. The van der Waals surface area contributed by atoms with Gasteiger partial charge in [0.25, 0.3) is 11.6 Å². The number of hydrogen-bond acceptors (Lipinski definition) is 6. The smallest absolute Gasteiger partial charge is 0.326 e. The minimum Gasteiger partial charge on any atom is -0.359 e. The Kier molecular flexibility index (Phi) is 8.98. The number of allylic oxidation sites excluding steroid dienone is 6. The molecule has 0 aromatic rings. The number of ketones is 1. The summed E-state index contributed by atoms with van der Waals surface area (Å²) in [6.07, 6.45) is 8.95. The van der Waals surface area contributed by atoms with E-state index in [0.29, 0.717) is 24.8 Å². The molecule has 0 bridgehead atoms. The number of nitrogens with zero attached hydrogens (tertiary/aromatic N) is 2. The molecule has 1 aliphatic heterocycles. The summed E-state index contributed by atoms with van der Waals surface area (Å²) in [4.78, 5) is 35.4. The number of halogens is 1. The lowest BCUT2D eigenvalue weighted by molar-refractivity contribution is -0.442. The van der Waals surface area contributed by atoms with Crippen LogP contribution in [-0.4, -0.2) is 45.9 Å². The lowest BCUT2D eigenvalue weighted by Crippen LogP contribution is -2.55. The van der Waals surface area contributed by atoms with Gasteiger partial charge in [0.15, 0.2) is 0 Å². The molecule has 9 heteroatoms. The predicted octanol–water partition coefficient (Wildman–Crippen LogP) is 2.41. The zero-order chi connectivity index (χ0) is 21.3. The lowest BCUT2D eigenvalue weighted by Gasteiger charge is -2.21. The normalized spacial score (nSPS) is 20.6. The molecule has 0 aromatic heterocycles. The molecule has 152 valence electrons. The highest BCUT2D eigenvalue weighted by atomic mass is 35.5. The van der Waals surface area contributed by atoms with Gasteiger partial charge < -0.3 is 14.8 Å². The summed E-state index contributed by atoms with van der Waals surface area (Å²) >= 11 is 5.56. The third-order valence-corrected chi connectivity index (χ3v) is 4.21. The predicted molar refractivity (Wildman–Crippen MR) is 107 cm³/mol. The van der Waals surface area contributed by atoms with Crippen LogP contribution in [0.5, 0.6) is 0 Å². The third-order valence-electron chi connectivity index (χ3n) is 4.08. The van der Waals surface area contributed by atoms with Crippen molar-refractivity contribution in [3.8, 4) is 0 Å². The zero-order valence-electron chi connectivity index (χ0n) is 15.9. The van der Waals surface area contributed by atoms with Crippen molar-refractivity contribution in [1.29, 1.82) is 0 Å². The zero-order valence-corrected chi connectivity index (χ0v) is 16.6. The van der Waals surface area contributed by atoms with Gasteiger partial charge in [-0.3, -0.25) is 20.2 Å². The first-order valence-corrected chi connectivity index (χ1v) is 9.04. The lowest BCUT2D eigenvalue weighted by atomic mass is 10.1. The number of carbonyl (C=O) groups is 2. The first-order chi connectivity index (χ1) is 13.2. The van der Waals surface area contributed by atoms with Gasteiger partial charge in [0, 0.05) is 19.0 Å². The van der Waals surface area contributed by atoms with E-state index in [2.05, 4.69) is 11.9 Å². The quantitative estimate of drug-likeness (QED) is 0.178. The van der Waals surface area contributed by atoms with Gasteiger partial charge in [-0.2, -0.15) is 0 Å². The van der Waals surface area contributed by atoms with E-state index in [-0.39, 0.29) is 18.0 Å². The molecule has 1 rings (SSSR count). The number of nitrogens with one attached hydrogen (secondary N) is 1. The van der Waals surface area contributed by atoms with Crippen molar-refractivity contribution in [3.05, 3.63) is 69.6 Å². The molecule has 0 saturated carbocycles. The molecule has 0 saturated heterocycles. The number of aliphatic hydroxyl groups is 1. The van der Waals surface area contributed by atoms with Crippen molar-refractivity contribution >= 4 is 23.3 Å². The molecular weight excluding hydrogens is 386 g/mol. The number of amides is 1. The van der Waals surface area contributed by atoms with Gasteiger partial charge in [-0.05, 0) is 44.0 Å². The largest absolute Gasteiger partial charge is 0.359 e. The van der Waals surface area contributed by atoms with E-state index in [1.807, 2.05) is 0 Å². The molecule has 1 unspecified atom stereocenters. The second-order valence-electron chi connectivity index (χ2n) is 6.18. The van der Waals surface area contributed by atoms with E-state index >= 15 is 0 Å². The summed E-state index contributed by atoms with van der Waals surface area (Å²) in [5.41, 5.74) is -1.29. The summed E-state index contributed by atoms with van der Waals surface area (Å²) in [7, 11) is 1.34. The average Bonchev–Trinajstić information content (AvgIpc) is 2.80. The first-order valence-electron chi connectivity index (χ1n) is 8.60. The Hall–Kier alpha value is -2.55. The van der Waals surface area contributed by atoms with Gasteiger partial charge in [0.05, 0.1) is 4.92 Å². The van der Waals surface area contributed by atoms with E-state index in [1.165, 1.54) is 37.7 Å². The van der Waals surface area contributed by atoms with Crippen molar-refractivity contribution in [2.24, 2.45) is 0 Å². The number of carbonyl (C=O) groups excluding carboxylic acids is 2. The Morgan fingerprint density at radius 1 is 1.43 bits per heavy atom. The summed E-state index contributed by atoms with van der Waals surface area (Å²) in [6, 6.07) is 0. The Balaban J connectivity index is 3.15. The summed E-state index contributed by atoms with van der Waals surface area (Å²) in [5, 5.41) is 24.9. The van der Waals surface area contributed by atoms with Crippen LogP contribution in [-0.2, 0) is 9.59 Å². The molecule has 1 atom stereocenters. The van der Waals surface area contributed by atoms with Crippen molar-refractivity contribution in [1.82, 2.24) is 10.2 Å². The second-order valence-corrected chi connectivity index (χ2v) is 6.43. The number of unbranched alkanes of at least 4 members (excludes halogenated alkanes) is 1. The summed E-state index contributed by atoms with van der Waals surface area (Å²) in [5.74, 6) is -0.824. The molecule has 1 amide bonds. The molecule has 1 heterocycles. The fraction of sp³-hybridized carbons (Fsp3) is 0.368. The minimum atomic E-state index is -2.45. The van der Waals surface area contributed by atoms with Crippen LogP contribution in [0.3, 0.4) is 0 Å². The van der Waals surface area contributed by atoms with Crippen LogP contribution >= 0.6 is 11.6 Å². The summed E-state index contributed by atoms with van der Waals surface area (Å²) in [6.45, 7) is 5.17. The van der Waals surface area contributed by atoms with Gasteiger partial charge in [-0.1, -0.05) is 36.4 Å². The van der Waals surface area contributed by atoms with Crippen LogP contribution in [0.15, 0.2) is 59.5 Å². The third kappa shape index (κ3) is 5.72. The second kappa shape index (κ2) is 10.7. The van der Waals surface area contributed by atoms with Crippen LogP contribution in [0.1, 0.15) is 26.2 Å². The van der Waals surface area contributed by atoms with Crippen LogP contribution in [0.2, 0.25) is 0 Å². The number of rotatable bonds is 11. The molecule has 8 nitrogen and oxygen atoms in total. The van der Waals surface area contributed by atoms with Crippen LogP contribution in [0.4, 0.5) is 0 Å². The van der Waals surface area contributed by atoms with E-state index < -0.39 is 22.3 Å². The van der Waals surface area contributed by atoms with E-state index in [0.717, 1.165) is 4.90 Å². The van der Waals surface area contributed by atoms with Gasteiger partial charge in [-0.15, -0.1) is 0 Å². The molecule has 0 spiro atoms. The van der Waals surface area contributed by atoms with Gasteiger partial charge in [0.1, 0.15) is 11.5 Å². The molecule has 0 aliphatic carbocycles.